The maximum absolute atomic E-state index is 13.2. The minimum absolute atomic E-state index is 0. The summed E-state index contributed by atoms with van der Waals surface area (Å²) in [5.74, 6) is 1.82. The first-order valence-corrected chi connectivity index (χ1v) is 12.8. The Hall–Kier alpha value is -1.80. The summed E-state index contributed by atoms with van der Waals surface area (Å²) < 4.78 is 6.59. The molecule has 8 heteroatoms. The third-order valence-electron chi connectivity index (χ3n) is 5.26. The Labute approximate surface area is 211 Å². The van der Waals surface area contributed by atoms with Crippen molar-refractivity contribution in [3.05, 3.63) is 47.5 Å². The molecule has 0 aliphatic carbocycles. The van der Waals surface area contributed by atoms with Crippen molar-refractivity contribution in [3.63, 3.8) is 0 Å². The summed E-state index contributed by atoms with van der Waals surface area (Å²) in [4.78, 5) is 23.3. The second-order valence-electron chi connectivity index (χ2n) is 8.23. The highest BCUT2D eigenvalue weighted by Gasteiger charge is 2.21. The Bertz CT molecular complexity index is 1040. The number of aryl methyl sites for hydroxylation is 2. The fraction of sp³-hybridized carbons (Fsp3) is 0.440. The predicted octanol–water partition coefficient (Wildman–Crippen LogP) is 6.20. The molecule has 5 nitrogen and oxygen atoms in total. The summed E-state index contributed by atoms with van der Waals surface area (Å²) in [5.41, 5.74) is 3.26. The van der Waals surface area contributed by atoms with Gasteiger partial charge in [-0.2, -0.15) is 0 Å². The van der Waals surface area contributed by atoms with E-state index in [0.717, 1.165) is 51.8 Å². The van der Waals surface area contributed by atoms with E-state index >= 15 is 0 Å². The summed E-state index contributed by atoms with van der Waals surface area (Å²) in [7, 11) is 5.77. The van der Waals surface area contributed by atoms with E-state index in [1.807, 2.05) is 17.0 Å². The van der Waals surface area contributed by atoms with E-state index < -0.39 is 0 Å². The minimum atomic E-state index is 0. The van der Waals surface area contributed by atoms with Crippen molar-refractivity contribution < 1.29 is 9.53 Å². The molecule has 0 spiro atoms. The van der Waals surface area contributed by atoms with Crippen molar-refractivity contribution in [2.45, 2.75) is 38.0 Å². The number of hydrogen-bond acceptors (Lipinski definition) is 6. The quantitative estimate of drug-likeness (QED) is 0.228. The topological polar surface area (TPSA) is 45.7 Å². The Morgan fingerprint density at radius 1 is 1.06 bits per heavy atom. The molecule has 1 heterocycles. The van der Waals surface area contributed by atoms with Crippen molar-refractivity contribution >= 4 is 56.8 Å². The maximum atomic E-state index is 13.2. The fourth-order valence-electron chi connectivity index (χ4n) is 3.43. The summed E-state index contributed by atoms with van der Waals surface area (Å²) in [6.07, 6.45) is 2.27. The Morgan fingerprint density at radius 2 is 1.79 bits per heavy atom. The van der Waals surface area contributed by atoms with Crippen LogP contribution in [-0.2, 0) is 4.79 Å². The lowest BCUT2D eigenvalue weighted by atomic mass is 10.2. The highest BCUT2D eigenvalue weighted by atomic mass is 35.5. The van der Waals surface area contributed by atoms with Crippen LogP contribution in [0.4, 0.5) is 5.13 Å². The molecule has 2 aromatic carbocycles. The van der Waals surface area contributed by atoms with Crippen molar-refractivity contribution in [1.82, 2.24) is 9.88 Å². The first kappa shape index (κ1) is 27.4. The molecule has 3 rings (SSSR count). The standard InChI is InChI=1S/C25H33N3O2S2.ClH/c1-18-9-12-20(13-10-18)31-17-6-8-22(29)28(16-7-15-27(3)4)25-26-23-21(30-5)14-11-19(2)24(23)32-25;/h9-14H,6-8,15-17H2,1-5H3;1H. The Morgan fingerprint density at radius 3 is 2.45 bits per heavy atom. The van der Waals surface area contributed by atoms with Crippen LogP contribution in [0.1, 0.15) is 30.4 Å². The number of amides is 1. The van der Waals surface area contributed by atoms with E-state index in [-0.39, 0.29) is 18.3 Å². The zero-order valence-corrected chi connectivity index (χ0v) is 22.5. The van der Waals surface area contributed by atoms with E-state index in [4.69, 9.17) is 9.72 Å². The van der Waals surface area contributed by atoms with Gasteiger partial charge in [0.05, 0.1) is 11.8 Å². The van der Waals surface area contributed by atoms with Gasteiger partial charge in [0.2, 0.25) is 5.91 Å². The second-order valence-corrected chi connectivity index (χ2v) is 10.4. The molecule has 0 saturated carbocycles. The normalized spacial score (nSPS) is 11.0. The van der Waals surface area contributed by atoms with Crippen LogP contribution in [0.2, 0.25) is 0 Å². The van der Waals surface area contributed by atoms with Crippen molar-refractivity contribution in [3.8, 4) is 5.75 Å². The van der Waals surface area contributed by atoms with E-state index in [2.05, 4.69) is 57.1 Å². The maximum Gasteiger partial charge on any atom is 0.228 e. The summed E-state index contributed by atoms with van der Waals surface area (Å²) in [5, 5.41) is 0.766. The number of thiazole rings is 1. The number of carbonyl (C=O) groups excluding carboxylic acids is 1. The van der Waals surface area contributed by atoms with Gasteiger partial charge in [-0.1, -0.05) is 35.1 Å². The smallest absolute Gasteiger partial charge is 0.228 e. The lowest BCUT2D eigenvalue weighted by molar-refractivity contribution is -0.118. The van der Waals surface area contributed by atoms with Crippen LogP contribution in [-0.4, -0.2) is 55.8 Å². The molecule has 0 aliphatic rings. The van der Waals surface area contributed by atoms with Gasteiger partial charge < -0.3 is 9.64 Å². The summed E-state index contributed by atoms with van der Waals surface area (Å²) >= 11 is 3.39. The number of methoxy groups -OCH3 is 1. The van der Waals surface area contributed by atoms with Crippen LogP contribution >= 0.6 is 35.5 Å². The number of rotatable bonds is 11. The molecule has 0 fully saturated rings. The van der Waals surface area contributed by atoms with E-state index in [0.29, 0.717) is 13.0 Å². The number of fused-ring (bicyclic) bond motifs is 1. The van der Waals surface area contributed by atoms with Crippen LogP contribution in [0.25, 0.3) is 10.2 Å². The second kappa shape index (κ2) is 13.2. The molecular formula is C25H34ClN3O2S2. The number of aromatic nitrogens is 1. The van der Waals surface area contributed by atoms with Crippen LogP contribution in [0.15, 0.2) is 41.3 Å². The van der Waals surface area contributed by atoms with Crippen molar-refractivity contribution in [2.24, 2.45) is 0 Å². The van der Waals surface area contributed by atoms with Crippen LogP contribution < -0.4 is 9.64 Å². The number of nitrogens with zero attached hydrogens (tertiary/aromatic N) is 3. The summed E-state index contributed by atoms with van der Waals surface area (Å²) in [6, 6.07) is 12.5. The largest absolute Gasteiger partial charge is 0.494 e. The SMILES string of the molecule is COc1ccc(C)c2sc(N(CCCN(C)C)C(=O)CCCSc3ccc(C)cc3)nc12.Cl. The first-order chi connectivity index (χ1) is 15.4. The van der Waals surface area contributed by atoms with Crippen LogP contribution in [0.3, 0.4) is 0 Å². The van der Waals surface area contributed by atoms with E-state index in [9.17, 15) is 4.79 Å². The molecule has 1 aromatic heterocycles. The molecule has 0 aliphatic heterocycles. The monoisotopic (exact) mass is 507 g/mol. The first-order valence-electron chi connectivity index (χ1n) is 11.0. The number of anilines is 1. The van der Waals surface area contributed by atoms with Gasteiger partial charge in [-0.15, -0.1) is 24.2 Å². The molecule has 0 atom stereocenters. The fourth-order valence-corrected chi connectivity index (χ4v) is 5.38. The Kier molecular flexibility index (Phi) is 11.0. The molecule has 0 radical (unpaired) electrons. The number of ether oxygens (including phenoxy) is 1. The van der Waals surface area contributed by atoms with Crippen LogP contribution in [0.5, 0.6) is 5.75 Å². The van der Waals surface area contributed by atoms with Crippen LogP contribution in [0, 0.1) is 13.8 Å². The molecule has 1 amide bonds. The molecule has 33 heavy (non-hydrogen) atoms. The average Bonchev–Trinajstić information content (AvgIpc) is 3.21. The molecular weight excluding hydrogens is 474 g/mol. The highest BCUT2D eigenvalue weighted by Crippen LogP contribution is 2.36. The molecule has 3 aromatic rings. The number of hydrogen-bond donors (Lipinski definition) is 0. The third-order valence-corrected chi connectivity index (χ3v) is 7.57. The minimum Gasteiger partial charge on any atom is -0.494 e. The van der Waals surface area contributed by atoms with Gasteiger partial charge in [0, 0.05) is 17.9 Å². The molecule has 0 unspecified atom stereocenters. The number of halogens is 1. The van der Waals surface area contributed by atoms with Gasteiger partial charge in [0.15, 0.2) is 5.13 Å². The highest BCUT2D eigenvalue weighted by molar-refractivity contribution is 7.99. The summed E-state index contributed by atoms with van der Waals surface area (Å²) in [6.45, 7) is 5.77. The average molecular weight is 508 g/mol. The van der Waals surface area contributed by atoms with Crippen molar-refractivity contribution in [1.29, 1.82) is 0 Å². The third kappa shape index (κ3) is 7.60. The zero-order chi connectivity index (χ0) is 23.1. The van der Waals surface area contributed by atoms with Gasteiger partial charge >= 0.3 is 0 Å². The predicted molar refractivity (Wildman–Crippen MR) is 145 cm³/mol. The molecule has 0 N–H and O–H groups in total. The number of benzene rings is 2. The number of carbonyl (C=O) groups is 1. The van der Waals surface area contributed by atoms with E-state index in [1.165, 1.54) is 10.5 Å². The molecule has 180 valence electrons. The van der Waals surface area contributed by atoms with Gasteiger partial charge in [0.25, 0.3) is 0 Å². The van der Waals surface area contributed by atoms with Gasteiger partial charge in [-0.25, -0.2) is 4.98 Å². The number of thioether (sulfide) groups is 1. The van der Waals surface area contributed by atoms with Gasteiger partial charge in [-0.3, -0.25) is 9.69 Å². The lowest BCUT2D eigenvalue weighted by Crippen LogP contribution is -2.33. The molecule has 0 saturated heterocycles. The zero-order valence-electron chi connectivity index (χ0n) is 20.1. The van der Waals surface area contributed by atoms with Gasteiger partial charge in [-0.05, 0) is 76.8 Å². The van der Waals surface area contributed by atoms with E-state index in [1.54, 1.807) is 30.2 Å². The Balaban J connectivity index is 0.00000385. The lowest BCUT2D eigenvalue weighted by Gasteiger charge is -2.21. The molecule has 0 bridgehead atoms. The van der Waals surface area contributed by atoms with Crippen molar-refractivity contribution in [2.75, 3.05) is 44.9 Å². The van der Waals surface area contributed by atoms with Gasteiger partial charge in [0.1, 0.15) is 11.3 Å².